The van der Waals surface area contributed by atoms with E-state index in [9.17, 15) is 0 Å². The smallest absolute Gasteiger partial charge is 0.264 e. The van der Waals surface area contributed by atoms with Gasteiger partial charge in [-0.3, -0.25) is 9.11 Å². The van der Waals surface area contributed by atoms with Crippen LogP contribution in [-0.4, -0.2) is 45.5 Å². The second-order valence-corrected chi connectivity index (χ2v) is 9.90. The Morgan fingerprint density at radius 2 is 0.880 bits per heavy atom. The van der Waals surface area contributed by atoms with E-state index in [0.29, 0.717) is 0 Å². The summed E-state index contributed by atoms with van der Waals surface area (Å²) in [5.74, 6) is 0. The van der Waals surface area contributed by atoms with E-state index in [2.05, 4.69) is 13.8 Å². The predicted molar refractivity (Wildman–Crippen MR) is 109 cm³/mol. The first-order valence-electron chi connectivity index (χ1n) is 10.5. The summed E-state index contributed by atoms with van der Waals surface area (Å²) in [7, 11) is -4.67. The molecule has 0 saturated carbocycles. The van der Waals surface area contributed by atoms with Crippen molar-refractivity contribution < 1.29 is 17.5 Å². The molecule has 4 nitrogen and oxygen atoms in total. The minimum Gasteiger partial charge on any atom is -0.264 e. The second kappa shape index (κ2) is 21.2. The Labute approximate surface area is 174 Å². The number of unbranched alkanes of at least 4 members (excludes halogenated alkanes) is 12. The standard InChI is InChI=1S/C19H39.Na.H2O4S/c1-3-5-7-9-11-13-15-17-19-18-16-14-12-10-8-6-4-2;;1-5(2,3)4/h15H,3-14,16-19H2,1-2H3;;(H2,1,2,3,4). The Hall–Kier alpha value is 0.870. The van der Waals surface area contributed by atoms with E-state index in [-0.39, 0.29) is 0 Å². The van der Waals surface area contributed by atoms with Gasteiger partial charge in [0.2, 0.25) is 0 Å². The van der Waals surface area contributed by atoms with E-state index in [4.69, 9.17) is 17.5 Å². The van der Waals surface area contributed by atoms with Crippen molar-refractivity contribution in [3.05, 3.63) is 0 Å². The van der Waals surface area contributed by atoms with Crippen LogP contribution in [0.3, 0.4) is 0 Å². The normalized spacial score (nSPS) is 12.6. The first-order chi connectivity index (χ1) is 11.8. The van der Waals surface area contributed by atoms with E-state index in [1.54, 1.807) is 0 Å². The van der Waals surface area contributed by atoms with Gasteiger partial charge in [0.05, 0.1) is 0 Å². The molecule has 0 aromatic heterocycles. The van der Waals surface area contributed by atoms with Gasteiger partial charge in [0.15, 0.2) is 0 Å². The molecule has 0 aliphatic rings. The summed E-state index contributed by atoms with van der Waals surface area (Å²) < 4.78 is 32.7. The molecular weight excluding hydrogens is 347 g/mol. The molecule has 6 heteroatoms. The monoisotopic (exact) mass is 388 g/mol. The van der Waals surface area contributed by atoms with Gasteiger partial charge in [-0.1, -0.05) is 0 Å². The molecule has 1 unspecified atom stereocenters. The van der Waals surface area contributed by atoms with E-state index < -0.39 is 10.4 Å². The van der Waals surface area contributed by atoms with E-state index >= 15 is 0 Å². The van der Waals surface area contributed by atoms with Crippen LogP contribution in [0.2, 0.25) is 3.17 Å². The first-order valence-corrected chi connectivity index (χ1v) is 13.1. The van der Waals surface area contributed by atoms with Crippen LogP contribution in [-0.2, 0) is 10.4 Å². The maximum absolute atomic E-state index is 8.74. The van der Waals surface area contributed by atoms with Gasteiger partial charge in [-0.05, 0) is 0 Å². The second-order valence-electron chi connectivity index (χ2n) is 7.37. The van der Waals surface area contributed by atoms with Crippen molar-refractivity contribution in [3.8, 4) is 0 Å². The van der Waals surface area contributed by atoms with Gasteiger partial charge in [0.25, 0.3) is 0 Å². The Morgan fingerprint density at radius 3 is 1.16 bits per heavy atom. The molecule has 0 fully saturated rings. The summed E-state index contributed by atoms with van der Waals surface area (Å²) in [6, 6.07) is 0. The third kappa shape index (κ3) is 36.5. The molecule has 0 amide bonds. The van der Waals surface area contributed by atoms with Crippen LogP contribution in [0.25, 0.3) is 0 Å². The SMILES string of the molecule is CCCCCCCCCCC[CH]([Na])CCCCCCC.O=S(=O)(O)O. The van der Waals surface area contributed by atoms with Crippen LogP contribution in [0.1, 0.15) is 117 Å². The Balaban J connectivity index is 0. The quantitative estimate of drug-likeness (QED) is 0.178. The van der Waals surface area contributed by atoms with E-state index in [1.165, 1.54) is 131 Å². The summed E-state index contributed by atoms with van der Waals surface area (Å²) in [4.78, 5) is 0. The van der Waals surface area contributed by atoms with Crippen molar-refractivity contribution in [3.63, 3.8) is 0 Å². The zero-order valence-corrected chi connectivity index (χ0v) is 19.8. The topological polar surface area (TPSA) is 74.6 Å². The maximum Gasteiger partial charge on any atom is 0.394 e. The van der Waals surface area contributed by atoms with Crippen molar-refractivity contribution in [1.82, 2.24) is 0 Å². The summed E-state index contributed by atoms with van der Waals surface area (Å²) in [5, 5.41) is 0. The third-order valence-corrected chi connectivity index (χ3v) is 5.76. The maximum atomic E-state index is 8.74. The van der Waals surface area contributed by atoms with Crippen LogP contribution in [0, 0.1) is 0 Å². The average Bonchev–Trinajstić information content (AvgIpc) is 2.51. The third-order valence-electron chi connectivity index (χ3n) is 4.60. The average molecular weight is 389 g/mol. The van der Waals surface area contributed by atoms with Crippen molar-refractivity contribution in [2.75, 3.05) is 0 Å². The molecule has 0 spiro atoms. The van der Waals surface area contributed by atoms with E-state index in [0.717, 1.165) is 3.17 Å². The molecule has 1 atom stereocenters. The van der Waals surface area contributed by atoms with Gasteiger partial charge >= 0.3 is 158 Å². The van der Waals surface area contributed by atoms with Crippen LogP contribution < -0.4 is 0 Å². The molecule has 0 rings (SSSR count). The van der Waals surface area contributed by atoms with Gasteiger partial charge in [-0.2, -0.15) is 8.42 Å². The van der Waals surface area contributed by atoms with E-state index in [1.807, 2.05) is 0 Å². The molecule has 0 aromatic rings. The summed E-state index contributed by atoms with van der Waals surface area (Å²) in [6.45, 7) is 4.60. The summed E-state index contributed by atoms with van der Waals surface area (Å²) in [5.41, 5.74) is 0. The molecule has 25 heavy (non-hydrogen) atoms. The fourth-order valence-electron chi connectivity index (χ4n) is 3.04. The Kier molecular flexibility index (Phi) is 23.8. The van der Waals surface area contributed by atoms with Gasteiger partial charge in [0.1, 0.15) is 0 Å². The van der Waals surface area contributed by atoms with Crippen molar-refractivity contribution in [2.24, 2.45) is 0 Å². The number of hydrogen-bond donors (Lipinski definition) is 2. The molecule has 0 aliphatic heterocycles. The molecule has 0 bridgehead atoms. The largest absolute Gasteiger partial charge is 0.394 e. The van der Waals surface area contributed by atoms with Gasteiger partial charge < -0.3 is 0 Å². The first kappa shape index (κ1) is 28.1. The molecule has 0 heterocycles. The molecule has 0 aromatic carbocycles. The Bertz CT molecular complexity index is 339. The zero-order valence-electron chi connectivity index (χ0n) is 17.0. The molecule has 148 valence electrons. The molecule has 0 radical (unpaired) electrons. The Morgan fingerprint density at radius 1 is 0.640 bits per heavy atom. The fourth-order valence-corrected chi connectivity index (χ4v) is 3.86. The summed E-state index contributed by atoms with van der Waals surface area (Å²) >= 11 is 1.43. The number of hydrogen-bond acceptors (Lipinski definition) is 2. The fraction of sp³-hybridized carbons (Fsp3) is 1.00. The summed E-state index contributed by atoms with van der Waals surface area (Å²) in [6.07, 6.45) is 23.6. The van der Waals surface area contributed by atoms with Gasteiger partial charge in [-0.25, -0.2) is 0 Å². The van der Waals surface area contributed by atoms with Crippen LogP contribution in [0.5, 0.6) is 0 Å². The van der Waals surface area contributed by atoms with Crippen LogP contribution >= 0.6 is 0 Å². The van der Waals surface area contributed by atoms with Gasteiger partial charge in [-0.15, -0.1) is 0 Å². The van der Waals surface area contributed by atoms with Gasteiger partial charge in [0, 0.05) is 0 Å². The minimum absolute atomic E-state index is 1.11. The van der Waals surface area contributed by atoms with Crippen molar-refractivity contribution in [1.29, 1.82) is 0 Å². The van der Waals surface area contributed by atoms with Crippen LogP contribution in [0.4, 0.5) is 0 Å². The minimum atomic E-state index is -4.67. The molecule has 2 N–H and O–H groups in total. The molecule has 0 saturated heterocycles. The van der Waals surface area contributed by atoms with Crippen molar-refractivity contribution >= 4 is 38.3 Å². The number of rotatable bonds is 16. The molecule has 0 aliphatic carbocycles. The van der Waals surface area contributed by atoms with Crippen molar-refractivity contribution in [2.45, 2.75) is 120 Å². The van der Waals surface area contributed by atoms with Crippen LogP contribution in [0.15, 0.2) is 0 Å². The molecular formula is C19H41NaO4S. The zero-order chi connectivity index (χ0) is 19.4. The predicted octanol–water partition coefficient (Wildman–Crippen LogP) is 6.57.